The topological polar surface area (TPSA) is 101 Å². The third-order valence-electron chi connectivity index (χ3n) is 2.55. The molecule has 0 unspecified atom stereocenters. The van der Waals surface area contributed by atoms with Crippen LogP contribution in [0.15, 0.2) is 0 Å². The highest BCUT2D eigenvalue weighted by Gasteiger charge is 2.19. The van der Waals surface area contributed by atoms with Gasteiger partial charge in [-0.25, -0.2) is 5.84 Å². The Morgan fingerprint density at radius 1 is 1.19 bits per heavy atom. The second kappa shape index (κ2) is 7.37. The van der Waals surface area contributed by atoms with E-state index < -0.39 is 0 Å². The zero-order chi connectivity index (χ0) is 16.0. The van der Waals surface area contributed by atoms with Gasteiger partial charge < -0.3 is 15.0 Å². The van der Waals surface area contributed by atoms with Crippen molar-refractivity contribution in [2.24, 2.45) is 11.3 Å². The third kappa shape index (κ3) is 6.54. The van der Waals surface area contributed by atoms with E-state index in [4.69, 9.17) is 10.6 Å². The Morgan fingerprint density at radius 2 is 1.81 bits per heavy atom. The van der Waals surface area contributed by atoms with E-state index in [9.17, 15) is 0 Å². The van der Waals surface area contributed by atoms with Crippen LogP contribution in [0.3, 0.4) is 0 Å². The van der Waals surface area contributed by atoms with Crippen LogP contribution in [0.1, 0.15) is 27.7 Å². The SMILES string of the molecule is CC(C)Oc1nc(NN)nc(NCC(C)(C)CN(C)C)n1. The minimum Gasteiger partial charge on any atom is -0.461 e. The van der Waals surface area contributed by atoms with Crippen LogP contribution in [0.4, 0.5) is 11.9 Å². The Bertz CT molecular complexity index is 448. The molecule has 1 heterocycles. The maximum atomic E-state index is 5.49. The predicted octanol–water partition coefficient (Wildman–Crippen LogP) is 0.944. The first-order valence-corrected chi connectivity index (χ1v) is 7.00. The largest absolute Gasteiger partial charge is 0.461 e. The van der Waals surface area contributed by atoms with Gasteiger partial charge in [0.15, 0.2) is 0 Å². The molecule has 21 heavy (non-hydrogen) atoms. The van der Waals surface area contributed by atoms with Crippen molar-refractivity contribution in [1.29, 1.82) is 0 Å². The first-order valence-electron chi connectivity index (χ1n) is 7.00. The molecule has 1 aromatic heterocycles. The number of hydrogen-bond donors (Lipinski definition) is 3. The van der Waals surface area contributed by atoms with Gasteiger partial charge in [0, 0.05) is 13.1 Å². The fourth-order valence-electron chi connectivity index (χ4n) is 1.99. The minimum atomic E-state index is -0.0175. The summed E-state index contributed by atoms with van der Waals surface area (Å²) in [4.78, 5) is 14.6. The van der Waals surface area contributed by atoms with Crippen molar-refractivity contribution < 1.29 is 4.74 Å². The van der Waals surface area contributed by atoms with Gasteiger partial charge in [0.05, 0.1) is 6.10 Å². The van der Waals surface area contributed by atoms with Gasteiger partial charge in [-0.15, -0.1) is 0 Å². The van der Waals surface area contributed by atoms with Gasteiger partial charge in [-0.1, -0.05) is 13.8 Å². The zero-order valence-electron chi connectivity index (χ0n) is 13.8. The van der Waals surface area contributed by atoms with Crippen molar-refractivity contribution in [2.45, 2.75) is 33.8 Å². The van der Waals surface area contributed by atoms with Crippen molar-refractivity contribution >= 4 is 11.9 Å². The molecular formula is C13H27N7O. The standard InChI is InChI=1S/C13H27N7O/c1-9(2)21-12-17-10(16-11(18-12)19-14)15-7-13(3,4)8-20(5)6/h9H,7-8,14H2,1-6H3,(H2,15,16,17,18,19). The molecule has 0 fully saturated rings. The van der Waals surface area contributed by atoms with Crippen molar-refractivity contribution in [1.82, 2.24) is 19.9 Å². The van der Waals surface area contributed by atoms with Crippen LogP contribution in [0.25, 0.3) is 0 Å². The smallest absolute Gasteiger partial charge is 0.323 e. The van der Waals surface area contributed by atoms with Crippen LogP contribution in [-0.4, -0.2) is 53.1 Å². The average Bonchev–Trinajstić information content (AvgIpc) is 2.34. The quantitative estimate of drug-likeness (QED) is 0.481. The molecule has 4 N–H and O–H groups in total. The first-order chi connectivity index (χ1) is 9.71. The van der Waals surface area contributed by atoms with Crippen LogP contribution in [0, 0.1) is 5.41 Å². The lowest BCUT2D eigenvalue weighted by atomic mass is 9.93. The summed E-state index contributed by atoms with van der Waals surface area (Å²) in [7, 11) is 4.10. The molecule has 0 saturated heterocycles. The Morgan fingerprint density at radius 3 is 2.33 bits per heavy atom. The molecule has 1 aromatic rings. The molecule has 0 aliphatic carbocycles. The number of hydrazine groups is 1. The fourth-order valence-corrected chi connectivity index (χ4v) is 1.99. The van der Waals surface area contributed by atoms with E-state index in [1.165, 1.54) is 0 Å². The summed E-state index contributed by atoms with van der Waals surface area (Å²) >= 11 is 0. The zero-order valence-corrected chi connectivity index (χ0v) is 13.8. The van der Waals surface area contributed by atoms with E-state index in [1.54, 1.807) is 0 Å². The number of nitrogens with zero attached hydrogens (tertiary/aromatic N) is 4. The Labute approximate surface area is 126 Å². The predicted molar refractivity (Wildman–Crippen MR) is 84.2 cm³/mol. The summed E-state index contributed by atoms with van der Waals surface area (Å²) in [5.74, 6) is 6.09. The molecule has 8 heteroatoms. The van der Waals surface area contributed by atoms with E-state index >= 15 is 0 Å². The Kier molecular flexibility index (Phi) is 6.10. The molecular weight excluding hydrogens is 270 g/mol. The van der Waals surface area contributed by atoms with Crippen LogP contribution in [0.2, 0.25) is 0 Å². The van der Waals surface area contributed by atoms with E-state index in [1.807, 2.05) is 13.8 Å². The molecule has 0 aliphatic rings. The van der Waals surface area contributed by atoms with E-state index in [0.717, 1.165) is 13.1 Å². The van der Waals surface area contributed by atoms with Gasteiger partial charge >= 0.3 is 6.01 Å². The highest BCUT2D eigenvalue weighted by atomic mass is 16.5. The summed E-state index contributed by atoms with van der Waals surface area (Å²) in [5.41, 5.74) is 2.49. The Balaban J connectivity index is 2.78. The summed E-state index contributed by atoms with van der Waals surface area (Å²) < 4.78 is 5.49. The molecule has 0 spiro atoms. The summed E-state index contributed by atoms with van der Waals surface area (Å²) in [6.45, 7) is 9.84. The molecule has 0 atom stereocenters. The van der Waals surface area contributed by atoms with Gasteiger partial charge in [-0.2, -0.15) is 15.0 Å². The molecule has 0 aliphatic heterocycles. The second-order valence-electron chi connectivity index (χ2n) is 6.33. The molecule has 0 radical (unpaired) electrons. The minimum absolute atomic E-state index is 0.0175. The highest BCUT2D eigenvalue weighted by molar-refractivity contribution is 5.35. The van der Waals surface area contributed by atoms with Crippen LogP contribution >= 0.6 is 0 Å². The third-order valence-corrected chi connectivity index (χ3v) is 2.55. The monoisotopic (exact) mass is 297 g/mol. The molecule has 0 amide bonds. The van der Waals surface area contributed by atoms with Crippen molar-refractivity contribution in [3.63, 3.8) is 0 Å². The molecule has 0 bridgehead atoms. The maximum absolute atomic E-state index is 5.49. The number of nitrogens with one attached hydrogen (secondary N) is 2. The lowest BCUT2D eigenvalue weighted by Gasteiger charge is -2.28. The highest BCUT2D eigenvalue weighted by Crippen LogP contribution is 2.18. The second-order valence-corrected chi connectivity index (χ2v) is 6.33. The number of ether oxygens (including phenoxy) is 1. The van der Waals surface area contributed by atoms with Gasteiger partial charge in [0.2, 0.25) is 11.9 Å². The fraction of sp³-hybridized carbons (Fsp3) is 0.769. The van der Waals surface area contributed by atoms with Crippen molar-refractivity contribution in [3.05, 3.63) is 0 Å². The van der Waals surface area contributed by atoms with Gasteiger partial charge in [0.25, 0.3) is 0 Å². The van der Waals surface area contributed by atoms with Gasteiger partial charge in [0.1, 0.15) is 0 Å². The molecule has 8 nitrogen and oxygen atoms in total. The van der Waals surface area contributed by atoms with Crippen molar-refractivity contribution in [3.8, 4) is 6.01 Å². The number of aromatic nitrogens is 3. The molecule has 0 aromatic carbocycles. The van der Waals surface area contributed by atoms with E-state index in [2.05, 4.69) is 58.5 Å². The summed E-state index contributed by atoms with van der Waals surface area (Å²) in [6, 6.07) is 0.251. The normalized spacial score (nSPS) is 11.9. The summed E-state index contributed by atoms with van der Waals surface area (Å²) in [6.07, 6.45) is -0.0175. The van der Waals surface area contributed by atoms with E-state index in [-0.39, 0.29) is 23.5 Å². The van der Waals surface area contributed by atoms with Crippen LogP contribution in [-0.2, 0) is 0 Å². The first kappa shape index (κ1) is 17.4. The molecule has 0 saturated carbocycles. The molecule has 1 rings (SSSR count). The number of anilines is 2. The average molecular weight is 297 g/mol. The number of rotatable bonds is 8. The van der Waals surface area contributed by atoms with Gasteiger partial charge in [-0.05, 0) is 33.4 Å². The van der Waals surface area contributed by atoms with Crippen molar-refractivity contribution in [2.75, 3.05) is 37.9 Å². The number of hydrogen-bond acceptors (Lipinski definition) is 8. The van der Waals surface area contributed by atoms with Crippen LogP contribution < -0.4 is 21.3 Å². The van der Waals surface area contributed by atoms with Crippen LogP contribution in [0.5, 0.6) is 6.01 Å². The lowest BCUT2D eigenvalue weighted by Crippen LogP contribution is -2.34. The summed E-state index contributed by atoms with van der Waals surface area (Å²) in [5, 5.41) is 3.21. The van der Waals surface area contributed by atoms with E-state index in [0.29, 0.717) is 5.95 Å². The number of nitrogens with two attached hydrogens (primary N) is 1. The van der Waals surface area contributed by atoms with Gasteiger partial charge in [-0.3, -0.25) is 5.43 Å². The number of nitrogen functional groups attached to an aromatic ring is 1. The maximum Gasteiger partial charge on any atom is 0.323 e. The lowest BCUT2D eigenvalue weighted by molar-refractivity contribution is 0.222. The Hall–Kier alpha value is -1.67. The molecule has 120 valence electrons.